The van der Waals surface area contributed by atoms with Crippen molar-refractivity contribution in [2.24, 2.45) is 0 Å². The maximum Gasteiger partial charge on any atom is 0.304 e. The van der Waals surface area contributed by atoms with Crippen LogP contribution in [0.3, 0.4) is 0 Å². The second-order valence-electron chi connectivity index (χ2n) is 2.13. The van der Waals surface area contributed by atoms with Crippen LogP contribution in [0.25, 0.3) is 0 Å². The molecule has 0 spiro atoms. The molecular weight excluding hydrogens is 386 g/mol. The van der Waals surface area contributed by atoms with E-state index in [9.17, 15) is 0 Å². The van der Waals surface area contributed by atoms with Crippen LogP contribution in [-0.4, -0.2) is 27.9 Å². The minimum Gasteiger partial charge on any atom is -1.00 e. The second kappa shape index (κ2) is 6.76. The summed E-state index contributed by atoms with van der Waals surface area (Å²) in [6.07, 6.45) is 0. The quantitative estimate of drug-likeness (QED) is 0.375. The number of halogens is 2. The molecule has 0 aromatic rings. The van der Waals surface area contributed by atoms with E-state index in [1.165, 1.54) is 9.60 Å². The summed E-state index contributed by atoms with van der Waals surface area (Å²) in [7, 11) is 0. The lowest BCUT2D eigenvalue weighted by molar-refractivity contribution is -0.450. The molecule has 2 N–H and O–H groups in total. The van der Waals surface area contributed by atoms with Crippen LogP contribution in [0.4, 0.5) is 0 Å². The third-order valence-corrected chi connectivity index (χ3v) is 4.14. The van der Waals surface area contributed by atoms with Crippen molar-refractivity contribution in [3.05, 3.63) is 0 Å². The van der Waals surface area contributed by atoms with Gasteiger partial charge in [-0.15, -0.1) is 0 Å². The molecule has 0 saturated heterocycles. The summed E-state index contributed by atoms with van der Waals surface area (Å²) in [4.78, 5) is 3.32. The van der Waals surface area contributed by atoms with Crippen LogP contribution in [0.15, 0.2) is 0 Å². The lowest BCUT2D eigenvalue weighted by Gasteiger charge is -1.96. The molecule has 1 heterocycles. The zero-order chi connectivity index (χ0) is 7.40. The Morgan fingerprint density at radius 3 is 3.00 bits per heavy atom. The van der Waals surface area contributed by atoms with E-state index in [1.54, 1.807) is 0 Å². The molecule has 1 aliphatic rings. The molecule has 0 radical (unpaired) electrons. The van der Waals surface area contributed by atoms with E-state index in [0.717, 1.165) is 18.3 Å². The number of rotatable bonds is 2. The van der Waals surface area contributed by atoms with Gasteiger partial charge in [-0.1, -0.05) is 22.6 Å². The maximum atomic E-state index is 3.32. The topological polar surface area (TPSA) is 26.0 Å². The van der Waals surface area contributed by atoms with Gasteiger partial charge in [0.2, 0.25) is 0 Å². The molecule has 66 valence electrons. The highest BCUT2D eigenvalue weighted by Crippen LogP contribution is 2.13. The molecule has 1 unspecified atom stereocenters. The number of alkyl halides is 1. The van der Waals surface area contributed by atoms with Gasteiger partial charge in [0.1, 0.15) is 0 Å². The van der Waals surface area contributed by atoms with E-state index in [-0.39, 0.29) is 24.0 Å². The summed E-state index contributed by atoms with van der Waals surface area (Å²) in [5.41, 5.74) is 0. The van der Waals surface area contributed by atoms with E-state index < -0.39 is 0 Å². The zero-order valence-electron chi connectivity index (χ0n) is 6.36. The summed E-state index contributed by atoms with van der Waals surface area (Å²) in [6, 6.07) is 0. The second-order valence-corrected chi connectivity index (χ2v) is 4.33. The standard InChI is InChI=1S/C6H11IN2S.HI/c1-2-8-6-9-4-5(3-7)10-6;/h5H,2-4H2,1H3,(H,8,9);1H. The van der Waals surface area contributed by atoms with Gasteiger partial charge < -0.3 is 24.0 Å². The first-order chi connectivity index (χ1) is 4.86. The molecule has 0 bridgehead atoms. The average Bonchev–Trinajstić information content (AvgIpc) is 2.37. The predicted octanol–water partition coefficient (Wildman–Crippen LogP) is -3.41. The van der Waals surface area contributed by atoms with Crippen molar-refractivity contribution < 1.29 is 29.0 Å². The van der Waals surface area contributed by atoms with Gasteiger partial charge in [-0.05, 0) is 18.7 Å². The molecule has 0 fully saturated rings. The molecule has 2 nitrogen and oxygen atoms in total. The van der Waals surface area contributed by atoms with Crippen molar-refractivity contribution in [3.8, 4) is 0 Å². The fourth-order valence-corrected chi connectivity index (χ4v) is 2.62. The molecule has 1 aliphatic heterocycles. The van der Waals surface area contributed by atoms with Crippen molar-refractivity contribution >= 4 is 39.5 Å². The van der Waals surface area contributed by atoms with Crippen molar-refractivity contribution in [2.45, 2.75) is 12.2 Å². The summed E-state index contributed by atoms with van der Waals surface area (Å²) >= 11 is 4.35. The maximum absolute atomic E-state index is 3.32. The average molecular weight is 398 g/mol. The molecule has 0 aromatic carbocycles. The van der Waals surface area contributed by atoms with Gasteiger partial charge in [0.15, 0.2) is 0 Å². The lowest BCUT2D eigenvalue weighted by Crippen LogP contribution is -3.00. The zero-order valence-corrected chi connectivity index (χ0v) is 11.5. The molecule has 0 aromatic heterocycles. The SMILES string of the molecule is CCNC1=[NH+]CC(CI)S1.[I-]. The Morgan fingerprint density at radius 2 is 2.55 bits per heavy atom. The normalized spacial score (nSPS) is 22.4. The molecule has 11 heavy (non-hydrogen) atoms. The summed E-state index contributed by atoms with van der Waals surface area (Å²) in [5, 5.41) is 5.30. The van der Waals surface area contributed by atoms with Gasteiger partial charge >= 0.3 is 5.17 Å². The number of nitrogens with one attached hydrogen (secondary N) is 2. The first-order valence-electron chi connectivity index (χ1n) is 3.44. The number of amidine groups is 1. The Bertz CT molecular complexity index is 141. The highest BCUT2D eigenvalue weighted by Gasteiger charge is 2.22. The van der Waals surface area contributed by atoms with Crippen molar-refractivity contribution in [2.75, 3.05) is 17.5 Å². The van der Waals surface area contributed by atoms with Gasteiger partial charge in [0, 0.05) is 4.43 Å². The summed E-state index contributed by atoms with van der Waals surface area (Å²) in [6.45, 7) is 4.26. The Hall–Kier alpha value is 1.28. The Kier molecular flexibility index (Phi) is 7.55. The number of hydrogen-bond donors (Lipinski definition) is 2. The molecule has 0 aliphatic carbocycles. The van der Waals surface area contributed by atoms with Gasteiger partial charge in [-0.25, -0.2) is 0 Å². The molecule has 1 atom stereocenters. The minimum absolute atomic E-state index is 0. The molecular formula is C6H12I2N2S. The third-order valence-electron chi connectivity index (χ3n) is 1.28. The van der Waals surface area contributed by atoms with Gasteiger partial charge in [-0.3, -0.25) is 10.3 Å². The van der Waals surface area contributed by atoms with Crippen molar-refractivity contribution in [1.82, 2.24) is 5.32 Å². The first kappa shape index (κ1) is 12.3. The smallest absolute Gasteiger partial charge is 0.304 e. The first-order valence-corrected chi connectivity index (χ1v) is 5.84. The van der Waals surface area contributed by atoms with Crippen LogP contribution < -0.4 is 34.3 Å². The largest absolute Gasteiger partial charge is 1.00 e. The Morgan fingerprint density at radius 1 is 1.82 bits per heavy atom. The van der Waals surface area contributed by atoms with E-state index in [0.29, 0.717) is 0 Å². The summed E-state index contributed by atoms with van der Waals surface area (Å²) in [5.74, 6) is 0. The fourth-order valence-electron chi connectivity index (χ4n) is 0.807. The fraction of sp³-hybridized carbons (Fsp3) is 0.833. The Labute approximate surface area is 103 Å². The van der Waals surface area contributed by atoms with Crippen molar-refractivity contribution in [1.29, 1.82) is 0 Å². The van der Waals surface area contributed by atoms with E-state index >= 15 is 0 Å². The molecule has 5 heteroatoms. The minimum atomic E-state index is 0. The van der Waals surface area contributed by atoms with Gasteiger partial charge in [0.25, 0.3) is 0 Å². The number of hydrogen-bond acceptors (Lipinski definition) is 2. The van der Waals surface area contributed by atoms with Crippen molar-refractivity contribution in [3.63, 3.8) is 0 Å². The van der Waals surface area contributed by atoms with Gasteiger partial charge in [-0.2, -0.15) is 0 Å². The Balaban J connectivity index is 0.000001000. The molecule has 0 saturated carbocycles. The van der Waals surface area contributed by atoms with E-state index in [2.05, 4.69) is 39.8 Å². The predicted molar refractivity (Wildman–Crippen MR) is 54.8 cm³/mol. The van der Waals surface area contributed by atoms with E-state index in [4.69, 9.17) is 0 Å². The summed E-state index contributed by atoms with van der Waals surface area (Å²) < 4.78 is 1.23. The van der Waals surface area contributed by atoms with Crippen LogP contribution in [0.1, 0.15) is 6.92 Å². The van der Waals surface area contributed by atoms with E-state index in [1.807, 2.05) is 11.8 Å². The third kappa shape index (κ3) is 4.16. The lowest BCUT2D eigenvalue weighted by atomic mass is 10.5. The molecule has 1 rings (SSSR count). The highest BCUT2D eigenvalue weighted by atomic mass is 127. The number of thioether (sulfide) groups is 1. The van der Waals surface area contributed by atoms with Crippen LogP contribution in [0, 0.1) is 0 Å². The van der Waals surface area contributed by atoms with Crippen LogP contribution in [0.5, 0.6) is 0 Å². The van der Waals surface area contributed by atoms with Crippen LogP contribution in [-0.2, 0) is 0 Å². The van der Waals surface area contributed by atoms with Crippen LogP contribution >= 0.6 is 34.4 Å². The highest BCUT2D eigenvalue weighted by molar-refractivity contribution is 14.1. The van der Waals surface area contributed by atoms with Crippen LogP contribution in [0.2, 0.25) is 0 Å². The van der Waals surface area contributed by atoms with Gasteiger partial charge in [0.05, 0.1) is 18.3 Å². The monoisotopic (exact) mass is 398 g/mol. The molecule has 0 amide bonds.